The number of allylic oxidation sites excluding steroid dienone is 1. The number of carbonyl (C=O) groups is 2. The maximum atomic E-state index is 12.8. The topological polar surface area (TPSA) is 65.5 Å². The number of nitrogens with zero attached hydrogens (tertiary/aromatic N) is 3. The zero-order valence-electron chi connectivity index (χ0n) is 14.4. The van der Waals surface area contributed by atoms with Crippen LogP contribution in [0.3, 0.4) is 0 Å². The first-order valence-corrected chi connectivity index (χ1v) is 9.24. The average Bonchev–Trinajstić information content (AvgIpc) is 2.88. The van der Waals surface area contributed by atoms with E-state index in [0.29, 0.717) is 25.3 Å². The van der Waals surface area contributed by atoms with Gasteiger partial charge < -0.3 is 15.1 Å². The van der Waals surface area contributed by atoms with E-state index in [9.17, 15) is 9.59 Å². The molecule has 24 heavy (non-hydrogen) atoms. The standard InChI is InChI=1S/C17H24N4O2S/c1-11(2)6-7-21-13-5-4-12(15(21)22)8-20(9-13)16(23)14-10-24-17(18-3)19-14/h6,10,12-13H,4-5,7-9H2,1-3H3,(H,18,19)/t12-,13+/m1/s1. The van der Waals surface area contributed by atoms with Gasteiger partial charge in [0.1, 0.15) is 5.69 Å². The number of rotatable bonds is 4. The first-order chi connectivity index (χ1) is 11.5. The Morgan fingerprint density at radius 3 is 2.88 bits per heavy atom. The fraction of sp³-hybridized carbons (Fsp3) is 0.588. The molecular formula is C17H24N4O2S. The van der Waals surface area contributed by atoms with E-state index >= 15 is 0 Å². The van der Waals surface area contributed by atoms with Crippen molar-refractivity contribution < 1.29 is 9.59 Å². The van der Waals surface area contributed by atoms with E-state index in [-0.39, 0.29) is 23.8 Å². The van der Waals surface area contributed by atoms with E-state index in [2.05, 4.69) is 16.4 Å². The Morgan fingerprint density at radius 2 is 2.21 bits per heavy atom. The summed E-state index contributed by atoms with van der Waals surface area (Å²) in [5.74, 6) is 0.0374. The molecule has 3 fully saturated rings. The maximum Gasteiger partial charge on any atom is 0.273 e. The van der Waals surface area contributed by atoms with Gasteiger partial charge in [0, 0.05) is 38.1 Å². The van der Waals surface area contributed by atoms with Crippen LogP contribution in [0.5, 0.6) is 0 Å². The van der Waals surface area contributed by atoms with Gasteiger partial charge in [-0.15, -0.1) is 11.3 Å². The molecule has 0 spiro atoms. The number of nitrogens with one attached hydrogen (secondary N) is 1. The number of aromatic nitrogens is 1. The number of hydrogen-bond acceptors (Lipinski definition) is 5. The van der Waals surface area contributed by atoms with Gasteiger partial charge in [0.25, 0.3) is 5.91 Å². The number of amides is 2. The summed E-state index contributed by atoms with van der Waals surface area (Å²) in [5.41, 5.74) is 1.67. The molecule has 2 atom stereocenters. The van der Waals surface area contributed by atoms with Crippen molar-refractivity contribution in [3.8, 4) is 0 Å². The molecule has 0 saturated carbocycles. The molecule has 1 N–H and O–H groups in total. The highest BCUT2D eigenvalue weighted by molar-refractivity contribution is 7.13. The van der Waals surface area contributed by atoms with E-state index in [0.717, 1.165) is 18.0 Å². The molecule has 6 nitrogen and oxygen atoms in total. The lowest BCUT2D eigenvalue weighted by Crippen LogP contribution is -2.48. The Labute approximate surface area is 146 Å². The Morgan fingerprint density at radius 1 is 1.42 bits per heavy atom. The van der Waals surface area contributed by atoms with Crippen molar-refractivity contribution >= 4 is 28.3 Å². The second kappa shape index (κ2) is 6.93. The Kier molecular flexibility index (Phi) is 4.89. The minimum Gasteiger partial charge on any atom is -0.365 e. The van der Waals surface area contributed by atoms with Gasteiger partial charge >= 0.3 is 0 Å². The van der Waals surface area contributed by atoms with Crippen LogP contribution in [-0.2, 0) is 4.79 Å². The van der Waals surface area contributed by atoms with Crippen LogP contribution in [0.25, 0.3) is 0 Å². The van der Waals surface area contributed by atoms with Crippen LogP contribution in [-0.4, -0.2) is 59.3 Å². The van der Waals surface area contributed by atoms with E-state index in [1.165, 1.54) is 16.9 Å². The zero-order chi connectivity index (χ0) is 17.3. The molecule has 4 heterocycles. The highest BCUT2D eigenvalue weighted by atomic mass is 32.1. The summed E-state index contributed by atoms with van der Waals surface area (Å²) >= 11 is 1.42. The summed E-state index contributed by atoms with van der Waals surface area (Å²) in [7, 11) is 1.79. The summed E-state index contributed by atoms with van der Waals surface area (Å²) in [4.78, 5) is 33.6. The number of thiazole rings is 1. The van der Waals surface area contributed by atoms with Crippen LogP contribution >= 0.6 is 11.3 Å². The third-order valence-corrected chi connectivity index (χ3v) is 5.57. The van der Waals surface area contributed by atoms with Crippen LogP contribution in [0.1, 0.15) is 37.2 Å². The van der Waals surface area contributed by atoms with Gasteiger partial charge in [-0.2, -0.15) is 0 Å². The number of piperidine rings is 1. The van der Waals surface area contributed by atoms with Crippen LogP contribution in [0.15, 0.2) is 17.0 Å². The number of anilines is 1. The lowest BCUT2D eigenvalue weighted by atomic mass is 9.94. The van der Waals surface area contributed by atoms with Gasteiger partial charge in [-0.3, -0.25) is 9.59 Å². The van der Waals surface area contributed by atoms with Gasteiger partial charge in [-0.05, 0) is 26.7 Å². The molecule has 7 heteroatoms. The molecule has 130 valence electrons. The average molecular weight is 348 g/mol. The lowest BCUT2D eigenvalue weighted by Gasteiger charge is -2.35. The first kappa shape index (κ1) is 17.0. The largest absolute Gasteiger partial charge is 0.365 e. The van der Waals surface area contributed by atoms with Gasteiger partial charge in [0.05, 0.1) is 5.92 Å². The molecule has 3 aliphatic rings. The normalized spacial score (nSPS) is 23.2. The molecule has 1 aromatic heterocycles. The molecular weight excluding hydrogens is 324 g/mol. The molecule has 0 radical (unpaired) electrons. The summed E-state index contributed by atoms with van der Waals surface area (Å²) < 4.78 is 0. The molecule has 1 aromatic rings. The molecule has 2 bridgehead atoms. The Balaban J connectivity index is 1.77. The van der Waals surface area contributed by atoms with Crippen molar-refractivity contribution in [2.24, 2.45) is 5.92 Å². The fourth-order valence-electron chi connectivity index (χ4n) is 3.38. The molecule has 2 amide bonds. The highest BCUT2D eigenvalue weighted by Gasteiger charge is 2.41. The van der Waals surface area contributed by atoms with E-state index in [1.54, 1.807) is 12.4 Å². The van der Waals surface area contributed by atoms with Crippen LogP contribution < -0.4 is 5.32 Å². The van der Waals surface area contributed by atoms with Crippen LogP contribution in [0.4, 0.5) is 5.13 Å². The van der Waals surface area contributed by atoms with Gasteiger partial charge in [0.2, 0.25) is 5.91 Å². The van der Waals surface area contributed by atoms with E-state index in [4.69, 9.17) is 0 Å². The minimum atomic E-state index is -0.0827. The molecule has 3 aliphatic heterocycles. The maximum absolute atomic E-state index is 12.8. The van der Waals surface area contributed by atoms with Crippen molar-refractivity contribution in [3.63, 3.8) is 0 Å². The van der Waals surface area contributed by atoms with Crippen molar-refractivity contribution in [2.45, 2.75) is 32.7 Å². The third-order valence-electron chi connectivity index (χ3n) is 4.71. The molecule has 0 aromatic carbocycles. The summed E-state index contributed by atoms with van der Waals surface area (Å²) in [6, 6.07) is 0.109. The quantitative estimate of drug-likeness (QED) is 0.848. The molecule has 0 unspecified atom stereocenters. The fourth-order valence-corrected chi connectivity index (χ4v) is 4.02. The number of fused-ring (bicyclic) bond motifs is 4. The molecule has 0 aliphatic carbocycles. The third kappa shape index (κ3) is 3.31. The second-order valence-corrected chi connectivity index (χ2v) is 7.56. The van der Waals surface area contributed by atoms with Gasteiger partial charge in [-0.25, -0.2) is 4.98 Å². The summed E-state index contributed by atoms with van der Waals surface area (Å²) in [6.07, 6.45) is 3.93. The predicted molar refractivity (Wildman–Crippen MR) is 95.2 cm³/mol. The van der Waals surface area contributed by atoms with Crippen molar-refractivity contribution in [2.75, 3.05) is 32.0 Å². The number of hydrogen-bond donors (Lipinski definition) is 1. The Hall–Kier alpha value is -1.89. The zero-order valence-corrected chi connectivity index (χ0v) is 15.2. The summed E-state index contributed by atoms with van der Waals surface area (Å²) in [6.45, 7) is 5.83. The van der Waals surface area contributed by atoms with Crippen molar-refractivity contribution in [3.05, 3.63) is 22.7 Å². The Bertz CT molecular complexity index is 665. The SMILES string of the molecule is CNc1nc(C(=O)N2C[C@H]3CC[C@@H](C2)N(CC=C(C)C)C3=O)cs1. The monoisotopic (exact) mass is 348 g/mol. The van der Waals surface area contributed by atoms with Crippen molar-refractivity contribution in [1.29, 1.82) is 0 Å². The molecule has 4 rings (SSSR count). The van der Waals surface area contributed by atoms with Crippen molar-refractivity contribution in [1.82, 2.24) is 14.8 Å². The smallest absolute Gasteiger partial charge is 0.273 e. The van der Waals surface area contributed by atoms with Gasteiger partial charge in [-0.1, -0.05) is 11.6 Å². The highest BCUT2D eigenvalue weighted by Crippen LogP contribution is 2.30. The van der Waals surface area contributed by atoms with Crippen LogP contribution in [0.2, 0.25) is 0 Å². The van der Waals surface area contributed by atoms with E-state index in [1.807, 2.05) is 23.6 Å². The number of carbonyl (C=O) groups excluding carboxylic acids is 2. The van der Waals surface area contributed by atoms with Crippen LogP contribution in [0, 0.1) is 5.92 Å². The van der Waals surface area contributed by atoms with E-state index < -0.39 is 0 Å². The second-order valence-electron chi connectivity index (χ2n) is 6.70. The van der Waals surface area contributed by atoms with Gasteiger partial charge in [0.15, 0.2) is 5.13 Å². The first-order valence-electron chi connectivity index (χ1n) is 8.36. The summed E-state index contributed by atoms with van der Waals surface area (Å²) in [5, 5.41) is 5.47. The minimum absolute atomic E-state index is 0.0680. The lowest BCUT2D eigenvalue weighted by molar-refractivity contribution is -0.139. The predicted octanol–water partition coefficient (Wildman–Crippen LogP) is 2.21. The molecule has 3 saturated heterocycles.